The van der Waals surface area contributed by atoms with E-state index in [9.17, 15) is 12.8 Å². The van der Waals surface area contributed by atoms with Crippen molar-refractivity contribution >= 4 is 21.7 Å². The quantitative estimate of drug-likeness (QED) is 0.629. The van der Waals surface area contributed by atoms with Gasteiger partial charge < -0.3 is 11.1 Å². The molecule has 138 valence electrons. The fourth-order valence-electron chi connectivity index (χ4n) is 3.44. The first-order chi connectivity index (χ1) is 12.0. The molecule has 1 heterocycles. The van der Waals surface area contributed by atoms with E-state index in [4.69, 9.17) is 5.73 Å². The number of nitrogens with one attached hydrogen (secondary N) is 1. The van der Waals surface area contributed by atoms with E-state index in [2.05, 4.69) is 10.3 Å². The molecule has 3 N–H and O–H groups in total. The van der Waals surface area contributed by atoms with Gasteiger partial charge in [-0.15, -0.1) is 0 Å². The topological polar surface area (TPSA) is 87.8 Å². The maximum Gasteiger partial charge on any atom is 0.235 e. The standard InChI is InChI=1S/C17H25FN4O2S/c18-15-11-13(7-8-16(15)22-9-4-10-25(22,23)24)12-20-17(19)21-14-5-2-1-3-6-14/h7-8,11,14H,1-6,9-10,12H2,(H3,19,20,21). The van der Waals surface area contributed by atoms with E-state index >= 15 is 0 Å². The lowest BCUT2D eigenvalue weighted by Gasteiger charge is -2.23. The maximum absolute atomic E-state index is 14.3. The molecule has 1 aromatic carbocycles. The summed E-state index contributed by atoms with van der Waals surface area (Å²) in [5.74, 6) is -0.0996. The lowest BCUT2D eigenvalue weighted by atomic mass is 9.96. The molecule has 6 nitrogen and oxygen atoms in total. The van der Waals surface area contributed by atoms with Gasteiger partial charge in [0.2, 0.25) is 10.0 Å². The molecule has 0 radical (unpaired) electrons. The van der Waals surface area contributed by atoms with E-state index in [1.54, 1.807) is 6.07 Å². The first-order valence-corrected chi connectivity index (χ1v) is 10.4. The third-order valence-electron chi connectivity index (χ3n) is 4.77. The minimum absolute atomic E-state index is 0.0713. The van der Waals surface area contributed by atoms with Crippen molar-refractivity contribution < 1.29 is 12.8 Å². The molecule has 0 spiro atoms. The number of sulfonamides is 1. The van der Waals surface area contributed by atoms with Crippen LogP contribution in [0.1, 0.15) is 44.1 Å². The van der Waals surface area contributed by atoms with Crippen LogP contribution < -0.4 is 15.4 Å². The van der Waals surface area contributed by atoms with Crippen molar-refractivity contribution in [1.29, 1.82) is 0 Å². The van der Waals surface area contributed by atoms with Crippen LogP contribution in [0.4, 0.5) is 10.1 Å². The molecule has 1 saturated carbocycles. The van der Waals surface area contributed by atoms with Crippen LogP contribution in [0.25, 0.3) is 0 Å². The van der Waals surface area contributed by atoms with Crippen molar-refractivity contribution in [3.05, 3.63) is 29.6 Å². The lowest BCUT2D eigenvalue weighted by Crippen LogP contribution is -2.41. The summed E-state index contributed by atoms with van der Waals surface area (Å²) >= 11 is 0. The van der Waals surface area contributed by atoms with E-state index in [-0.39, 0.29) is 18.0 Å². The third kappa shape index (κ3) is 4.42. The van der Waals surface area contributed by atoms with Crippen LogP contribution in [-0.2, 0) is 16.6 Å². The Bertz CT molecular complexity index is 745. The second-order valence-electron chi connectivity index (χ2n) is 6.71. The summed E-state index contributed by atoms with van der Waals surface area (Å²) in [5.41, 5.74) is 6.68. The summed E-state index contributed by atoms with van der Waals surface area (Å²) < 4.78 is 39.3. The van der Waals surface area contributed by atoms with Crippen LogP contribution in [0.5, 0.6) is 0 Å². The number of halogens is 1. The molecule has 2 fully saturated rings. The summed E-state index contributed by atoms with van der Waals surface area (Å²) in [5, 5.41) is 3.22. The number of anilines is 1. The average Bonchev–Trinajstić information content (AvgIpc) is 2.93. The van der Waals surface area contributed by atoms with Gasteiger partial charge in [-0.3, -0.25) is 4.31 Å². The highest BCUT2D eigenvalue weighted by molar-refractivity contribution is 7.93. The highest BCUT2D eigenvalue weighted by atomic mass is 32.2. The van der Waals surface area contributed by atoms with Crippen LogP contribution in [-0.4, -0.2) is 32.7 Å². The molecule has 1 saturated heterocycles. The second-order valence-corrected chi connectivity index (χ2v) is 8.72. The predicted molar refractivity (Wildman–Crippen MR) is 97.5 cm³/mol. The van der Waals surface area contributed by atoms with Crippen LogP contribution in [0.2, 0.25) is 0 Å². The van der Waals surface area contributed by atoms with Gasteiger partial charge in [0.05, 0.1) is 18.0 Å². The van der Waals surface area contributed by atoms with Gasteiger partial charge in [-0.1, -0.05) is 25.3 Å². The number of nitrogens with zero attached hydrogens (tertiary/aromatic N) is 2. The number of benzene rings is 1. The SMILES string of the molecule is NC(=NCc1ccc(N2CCCS2(=O)=O)c(F)c1)NC1CCCCC1. The van der Waals surface area contributed by atoms with Gasteiger partial charge in [0, 0.05) is 12.6 Å². The van der Waals surface area contributed by atoms with Crippen molar-refractivity contribution in [3.63, 3.8) is 0 Å². The Kier molecular flexibility index (Phi) is 5.46. The zero-order chi connectivity index (χ0) is 17.9. The summed E-state index contributed by atoms with van der Waals surface area (Å²) in [6.07, 6.45) is 6.41. The largest absolute Gasteiger partial charge is 0.370 e. The van der Waals surface area contributed by atoms with Gasteiger partial charge in [-0.25, -0.2) is 17.8 Å². The molecule has 0 unspecified atom stereocenters. The first kappa shape index (κ1) is 18.0. The molecular weight excluding hydrogens is 343 g/mol. The average molecular weight is 368 g/mol. The molecule has 25 heavy (non-hydrogen) atoms. The fraction of sp³-hybridized carbons (Fsp3) is 0.588. The highest BCUT2D eigenvalue weighted by Crippen LogP contribution is 2.27. The Morgan fingerprint density at radius 2 is 2.04 bits per heavy atom. The van der Waals surface area contributed by atoms with E-state index in [1.807, 2.05) is 0 Å². The number of aliphatic imine (C=N–C) groups is 1. The zero-order valence-corrected chi connectivity index (χ0v) is 15.1. The van der Waals surface area contributed by atoms with Crippen molar-refractivity contribution in [2.24, 2.45) is 10.7 Å². The van der Waals surface area contributed by atoms with Crippen molar-refractivity contribution in [1.82, 2.24) is 5.32 Å². The maximum atomic E-state index is 14.3. The number of hydrogen-bond acceptors (Lipinski definition) is 3. The molecule has 0 aromatic heterocycles. The predicted octanol–water partition coefficient (Wildman–Crippen LogP) is 2.10. The van der Waals surface area contributed by atoms with Crippen molar-refractivity contribution in [3.8, 4) is 0 Å². The molecule has 1 aliphatic heterocycles. The van der Waals surface area contributed by atoms with Crippen molar-refractivity contribution in [2.45, 2.75) is 51.1 Å². The normalized spacial score (nSPS) is 21.5. The van der Waals surface area contributed by atoms with E-state index in [1.165, 1.54) is 31.4 Å². The minimum Gasteiger partial charge on any atom is -0.370 e. The molecule has 0 bridgehead atoms. The minimum atomic E-state index is -3.38. The molecule has 0 atom stereocenters. The van der Waals surface area contributed by atoms with Crippen LogP contribution in [0.3, 0.4) is 0 Å². The summed E-state index contributed by atoms with van der Waals surface area (Å²) in [6, 6.07) is 4.91. The Morgan fingerprint density at radius 1 is 1.28 bits per heavy atom. The number of guanidine groups is 1. The monoisotopic (exact) mass is 368 g/mol. The molecule has 8 heteroatoms. The van der Waals surface area contributed by atoms with Crippen LogP contribution in [0, 0.1) is 5.82 Å². The van der Waals surface area contributed by atoms with Gasteiger partial charge in [-0.05, 0) is 37.0 Å². The molecule has 1 aromatic rings. The summed E-state index contributed by atoms with van der Waals surface area (Å²) in [6.45, 7) is 0.588. The van der Waals surface area contributed by atoms with Gasteiger partial charge in [0.15, 0.2) is 5.96 Å². The van der Waals surface area contributed by atoms with E-state index < -0.39 is 15.8 Å². The van der Waals surface area contributed by atoms with Crippen molar-refractivity contribution in [2.75, 3.05) is 16.6 Å². The van der Waals surface area contributed by atoms with Gasteiger partial charge in [0.1, 0.15) is 5.82 Å². The number of hydrogen-bond donors (Lipinski definition) is 2. The highest BCUT2D eigenvalue weighted by Gasteiger charge is 2.30. The van der Waals surface area contributed by atoms with Crippen LogP contribution in [0.15, 0.2) is 23.2 Å². The fourth-order valence-corrected chi connectivity index (χ4v) is 5.01. The number of rotatable bonds is 4. The van der Waals surface area contributed by atoms with Gasteiger partial charge >= 0.3 is 0 Å². The first-order valence-electron chi connectivity index (χ1n) is 8.81. The Morgan fingerprint density at radius 3 is 2.68 bits per heavy atom. The van der Waals surface area contributed by atoms with Gasteiger partial charge in [0.25, 0.3) is 0 Å². The van der Waals surface area contributed by atoms with Gasteiger partial charge in [-0.2, -0.15) is 0 Å². The third-order valence-corrected chi connectivity index (χ3v) is 6.62. The van der Waals surface area contributed by atoms with E-state index in [0.717, 1.165) is 17.1 Å². The van der Waals surface area contributed by atoms with Crippen LogP contribution >= 0.6 is 0 Å². The molecule has 1 aliphatic carbocycles. The van der Waals surface area contributed by atoms with E-state index in [0.29, 0.717) is 30.5 Å². The number of nitrogens with two attached hydrogens (primary N) is 1. The summed E-state index contributed by atoms with van der Waals surface area (Å²) in [7, 11) is -3.38. The molecule has 0 amide bonds. The zero-order valence-electron chi connectivity index (χ0n) is 14.2. The molecule has 2 aliphatic rings. The Hall–Kier alpha value is -1.83. The second kappa shape index (κ2) is 7.59. The Balaban J connectivity index is 1.63. The Labute approximate surface area is 148 Å². The molecule has 3 rings (SSSR count). The lowest BCUT2D eigenvalue weighted by molar-refractivity contribution is 0.412. The smallest absolute Gasteiger partial charge is 0.235 e. The summed E-state index contributed by atoms with van der Waals surface area (Å²) in [4.78, 5) is 4.27. The molecular formula is C17H25FN4O2S.